The molecule has 80 valence electrons. The van der Waals surface area contributed by atoms with Gasteiger partial charge in [0.2, 0.25) is 5.88 Å². The van der Waals surface area contributed by atoms with Crippen LogP contribution in [0, 0.1) is 11.3 Å². The highest BCUT2D eigenvalue weighted by Crippen LogP contribution is 2.32. The van der Waals surface area contributed by atoms with Crippen LogP contribution in [0.2, 0.25) is 0 Å². The molecule has 0 saturated carbocycles. The fourth-order valence-corrected chi connectivity index (χ4v) is 1.06. The van der Waals surface area contributed by atoms with Gasteiger partial charge in [-0.3, -0.25) is 0 Å². The van der Waals surface area contributed by atoms with Crippen molar-refractivity contribution >= 4 is 0 Å². The molecule has 0 radical (unpaired) electrons. The SMILES string of the molecule is COc1cc(CC#N)c(O)c(C(F)F)n1. The van der Waals surface area contributed by atoms with Crippen LogP contribution >= 0.6 is 0 Å². The third kappa shape index (κ3) is 2.31. The van der Waals surface area contributed by atoms with E-state index in [-0.39, 0.29) is 17.9 Å². The summed E-state index contributed by atoms with van der Waals surface area (Å²) in [6, 6.07) is 3.01. The lowest BCUT2D eigenvalue weighted by Crippen LogP contribution is -1.98. The van der Waals surface area contributed by atoms with Crippen LogP contribution in [0.5, 0.6) is 11.6 Å². The Hall–Kier alpha value is -1.90. The summed E-state index contributed by atoms with van der Waals surface area (Å²) in [5.74, 6) is -0.694. The van der Waals surface area contributed by atoms with Crippen molar-refractivity contribution in [2.75, 3.05) is 7.11 Å². The molecule has 0 spiro atoms. The first-order chi connectivity index (χ1) is 7.10. The van der Waals surface area contributed by atoms with Gasteiger partial charge in [-0.1, -0.05) is 0 Å². The third-order valence-electron chi connectivity index (χ3n) is 1.76. The summed E-state index contributed by atoms with van der Waals surface area (Å²) in [6.45, 7) is 0. The van der Waals surface area contributed by atoms with Crippen molar-refractivity contribution in [3.63, 3.8) is 0 Å². The zero-order chi connectivity index (χ0) is 11.4. The van der Waals surface area contributed by atoms with E-state index in [0.29, 0.717) is 0 Å². The number of nitrogens with zero attached hydrogens (tertiary/aromatic N) is 2. The molecule has 1 rings (SSSR count). The van der Waals surface area contributed by atoms with Crippen molar-refractivity contribution in [2.45, 2.75) is 12.8 Å². The van der Waals surface area contributed by atoms with Crippen LogP contribution in [0.25, 0.3) is 0 Å². The van der Waals surface area contributed by atoms with Crippen molar-refractivity contribution in [1.82, 2.24) is 4.98 Å². The summed E-state index contributed by atoms with van der Waals surface area (Å²) in [4.78, 5) is 3.40. The molecular weight excluding hydrogens is 206 g/mol. The molecule has 0 aliphatic rings. The second-order valence-corrected chi connectivity index (χ2v) is 2.69. The Morgan fingerprint density at radius 1 is 1.67 bits per heavy atom. The maximum Gasteiger partial charge on any atom is 0.284 e. The van der Waals surface area contributed by atoms with E-state index in [1.54, 1.807) is 6.07 Å². The second kappa shape index (κ2) is 4.55. The quantitative estimate of drug-likeness (QED) is 0.833. The van der Waals surface area contributed by atoms with Gasteiger partial charge in [0.25, 0.3) is 6.43 Å². The lowest BCUT2D eigenvalue weighted by molar-refractivity contribution is 0.140. The molecule has 0 amide bonds. The Labute approximate surface area is 84.7 Å². The molecule has 0 saturated heterocycles. The second-order valence-electron chi connectivity index (χ2n) is 2.69. The number of alkyl halides is 2. The summed E-state index contributed by atoms with van der Waals surface area (Å²) in [6.07, 6.45) is -3.08. The van der Waals surface area contributed by atoms with Gasteiger partial charge >= 0.3 is 0 Å². The highest BCUT2D eigenvalue weighted by molar-refractivity contribution is 5.41. The third-order valence-corrected chi connectivity index (χ3v) is 1.76. The van der Waals surface area contributed by atoms with E-state index in [9.17, 15) is 13.9 Å². The number of methoxy groups -OCH3 is 1. The number of rotatable bonds is 3. The average molecular weight is 214 g/mol. The predicted molar refractivity (Wildman–Crippen MR) is 46.7 cm³/mol. The number of hydrogen-bond donors (Lipinski definition) is 1. The van der Waals surface area contributed by atoms with Crippen LogP contribution in [-0.2, 0) is 6.42 Å². The molecule has 0 unspecified atom stereocenters. The maximum absolute atomic E-state index is 12.4. The van der Waals surface area contributed by atoms with Gasteiger partial charge < -0.3 is 9.84 Å². The fourth-order valence-electron chi connectivity index (χ4n) is 1.06. The van der Waals surface area contributed by atoms with Crippen molar-refractivity contribution in [2.24, 2.45) is 0 Å². The molecular formula is C9H8F2N2O2. The van der Waals surface area contributed by atoms with Gasteiger partial charge in [-0.2, -0.15) is 5.26 Å². The number of ether oxygens (including phenoxy) is 1. The van der Waals surface area contributed by atoms with Gasteiger partial charge in [0.1, 0.15) is 5.75 Å². The summed E-state index contributed by atoms with van der Waals surface area (Å²) in [5, 5.41) is 17.8. The largest absolute Gasteiger partial charge is 0.505 e. The fraction of sp³-hybridized carbons (Fsp3) is 0.333. The van der Waals surface area contributed by atoms with Crippen LogP contribution in [0.4, 0.5) is 8.78 Å². The molecule has 0 aromatic carbocycles. The first-order valence-electron chi connectivity index (χ1n) is 4.02. The molecule has 1 aromatic heterocycles. The molecule has 15 heavy (non-hydrogen) atoms. The van der Waals surface area contributed by atoms with Crippen LogP contribution in [0.3, 0.4) is 0 Å². The van der Waals surface area contributed by atoms with Crippen molar-refractivity contribution in [3.8, 4) is 17.7 Å². The van der Waals surface area contributed by atoms with E-state index >= 15 is 0 Å². The summed E-state index contributed by atoms with van der Waals surface area (Å²) in [5.41, 5.74) is -0.681. The highest BCUT2D eigenvalue weighted by atomic mass is 19.3. The monoisotopic (exact) mass is 214 g/mol. The zero-order valence-corrected chi connectivity index (χ0v) is 7.87. The van der Waals surface area contributed by atoms with E-state index in [2.05, 4.69) is 9.72 Å². The van der Waals surface area contributed by atoms with Gasteiger partial charge in [0.05, 0.1) is 19.6 Å². The molecule has 0 atom stereocenters. The summed E-state index contributed by atoms with van der Waals surface area (Å²) in [7, 11) is 1.27. The van der Waals surface area contributed by atoms with E-state index in [0.717, 1.165) is 0 Å². The van der Waals surface area contributed by atoms with Gasteiger partial charge in [0, 0.05) is 11.6 Å². The lowest BCUT2D eigenvalue weighted by atomic mass is 10.1. The number of nitriles is 1. The molecule has 0 bridgehead atoms. The normalized spacial score (nSPS) is 10.1. The van der Waals surface area contributed by atoms with Gasteiger partial charge in [-0.25, -0.2) is 13.8 Å². The van der Waals surface area contributed by atoms with Crippen LogP contribution in [0.15, 0.2) is 6.07 Å². The van der Waals surface area contributed by atoms with Gasteiger partial charge in [-0.15, -0.1) is 0 Å². The first kappa shape index (κ1) is 11.2. The minimum atomic E-state index is -2.91. The standard InChI is InChI=1S/C9H8F2N2O2/c1-15-6-4-5(2-3-12)8(14)7(13-6)9(10)11/h4,9,14H,2H2,1H3. The Kier molecular flexibility index (Phi) is 3.39. The van der Waals surface area contributed by atoms with E-state index in [1.807, 2.05) is 0 Å². The average Bonchev–Trinajstić information content (AvgIpc) is 2.21. The molecule has 1 N–H and O–H groups in total. The lowest BCUT2D eigenvalue weighted by Gasteiger charge is -2.08. The Morgan fingerprint density at radius 2 is 2.33 bits per heavy atom. The summed E-state index contributed by atoms with van der Waals surface area (Å²) < 4.78 is 29.5. The van der Waals surface area contributed by atoms with Crippen molar-refractivity contribution in [1.29, 1.82) is 5.26 Å². The smallest absolute Gasteiger partial charge is 0.284 e. The molecule has 1 aromatic rings. The first-order valence-corrected chi connectivity index (χ1v) is 4.02. The van der Waals surface area contributed by atoms with Crippen molar-refractivity contribution in [3.05, 3.63) is 17.3 Å². The number of aromatic hydroxyl groups is 1. The number of aromatic nitrogens is 1. The molecule has 0 aliphatic carbocycles. The highest BCUT2D eigenvalue weighted by Gasteiger charge is 2.19. The van der Waals surface area contributed by atoms with E-state index in [1.165, 1.54) is 13.2 Å². The molecule has 0 fully saturated rings. The molecule has 1 heterocycles. The number of halogens is 2. The minimum absolute atomic E-state index is 0.0478. The minimum Gasteiger partial charge on any atom is -0.505 e. The predicted octanol–water partition coefficient (Wildman–Crippen LogP) is 1.80. The van der Waals surface area contributed by atoms with Gasteiger partial charge in [0.15, 0.2) is 5.69 Å². The van der Waals surface area contributed by atoms with Crippen molar-refractivity contribution < 1.29 is 18.6 Å². The summed E-state index contributed by atoms with van der Waals surface area (Å²) >= 11 is 0. The van der Waals surface area contributed by atoms with E-state index < -0.39 is 17.9 Å². The van der Waals surface area contributed by atoms with Crippen LogP contribution < -0.4 is 4.74 Å². The topological polar surface area (TPSA) is 66.1 Å². The van der Waals surface area contributed by atoms with E-state index in [4.69, 9.17) is 5.26 Å². The zero-order valence-electron chi connectivity index (χ0n) is 7.87. The number of hydrogen-bond acceptors (Lipinski definition) is 4. The Bertz CT molecular complexity index is 402. The molecule has 0 aliphatic heterocycles. The maximum atomic E-state index is 12.4. The Balaban J connectivity index is 3.28. The number of pyridine rings is 1. The van der Waals surface area contributed by atoms with Crippen LogP contribution in [0.1, 0.15) is 17.7 Å². The van der Waals surface area contributed by atoms with Gasteiger partial charge in [-0.05, 0) is 0 Å². The van der Waals surface area contributed by atoms with Crippen LogP contribution in [-0.4, -0.2) is 17.2 Å². The molecule has 6 heteroatoms. The molecule has 4 nitrogen and oxygen atoms in total. The Morgan fingerprint density at radius 3 is 2.80 bits per heavy atom.